The predicted molar refractivity (Wildman–Crippen MR) is 100 cm³/mol. The van der Waals surface area contributed by atoms with Gasteiger partial charge in [0.05, 0.1) is 29.2 Å². The van der Waals surface area contributed by atoms with Crippen molar-refractivity contribution in [3.05, 3.63) is 48.4 Å². The van der Waals surface area contributed by atoms with Crippen LogP contribution in [0.5, 0.6) is 0 Å². The van der Waals surface area contributed by atoms with Crippen molar-refractivity contribution >= 4 is 16.6 Å². The Kier molecular flexibility index (Phi) is 4.10. The summed E-state index contributed by atoms with van der Waals surface area (Å²) >= 11 is 0. The summed E-state index contributed by atoms with van der Waals surface area (Å²) in [6.07, 6.45) is 5.04. The highest BCUT2D eigenvalue weighted by atomic mass is 19.1. The van der Waals surface area contributed by atoms with Crippen LogP contribution in [-0.4, -0.2) is 38.6 Å². The second kappa shape index (κ2) is 6.46. The normalized spacial score (nSPS) is 11.3. The second-order valence-electron chi connectivity index (χ2n) is 6.39. The van der Waals surface area contributed by atoms with Gasteiger partial charge in [0.1, 0.15) is 17.3 Å². The maximum Gasteiger partial charge on any atom is 0.137 e. The van der Waals surface area contributed by atoms with E-state index in [-0.39, 0.29) is 11.3 Å². The number of aryl methyl sites for hydroxylation is 1. The second-order valence-corrected chi connectivity index (χ2v) is 6.39. The SMILES string of the molecule is CCN(C)c1cc(F)c(-c2cc3c(-c4cnn(C)c4)n[nH]c3cn2)c(F)c1. The van der Waals surface area contributed by atoms with Crippen LogP contribution in [0.25, 0.3) is 33.4 Å². The first-order valence-corrected chi connectivity index (χ1v) is 8.51. The van der Waals surface area contributed by atoms with Gasteiger partial charge in [-0.2, -0.15) is 10.2 Å². The van der Waals surface area contributed by atoms with Gasteiger partial charge in [0.2, 0.25) is 0 Å². The first-order valence-electron chi connectivity index (χ1n) is 8.51. The van der Waals surface area contributed by atoms with E-state index in [0.717, 1.165) is 10.9 Å². The van der Waals surface area contributed by atoms with E-state index in [1.807, 2.05) is 20.2 Å². The predicted octanol–water partition coefficient (Wildman–Crippen LogP) is 3.76. The number of benzene rings is 1. The Hall–Kier alpha value is -3.29. The molecule has 0 aliphatic rings. The molecule has 0 unspecified atom stereocenters. The van der Waals surface area contributed by atoms with Crippen molar-refractivity contribution in [3.8, 4) is 22.5 Å². The van der Waals surface area contributed by atoms with Crippen LogP contribution in [-0.2, 0) is 7.05 Å². The van der Waals surface area contributed by atoms with Gasteiger partial charge < -0.3 is 4.90 Å². The highest BCUT2D eigenvalue weighted by molar-refractivity contribution is 5.94. The number of hydrogen-bond acceptors (Lipinski definition) is 4. The fourth-order valence-corrected chi connectivity index (χ4v) is 3.02. The minimum Gasteiger partial charge on any atom is -0.375 e. The largest absolute Gasteiger partial charge is 0.375 e. The van der Waals surface area contributed by atoms with Gasteiger partial charge in [-0.3, -0.25) is 14.8 Å². The Morgan fingerprint density at radius 3 is 2.52 bits per heavy atom. The van der Waals surface area contributed by atoms with Gasteiger partial charge in [0.25, 0.3) is 0 Å². The molecule has 138 valence electrons. The Balaban J connectivity index is 1.85. The van der Waals surface area contributed by atoms with Crippen LogP contribution in [0.3, 0.4) is 0 Å². The van der Waals surface area contributed by atoms with Crippen LogP contribution in [0.15, 0.2) is 36.8 Å². The number of halogens is 2. The van der Waals surface area contributed by atoms with E-state index >= 15 is 0 Å². The number of aromatic nitrogens is 5. The Bertz CT molecular complexity index is 1110. The zero-order valence-electron chi connectivity index (χ0n) is 15.2. The summed E-state index contributed by atoms with van der Waals surface area (Å²) < 4.78 is 31.1. The molecule has 3 heterocycles. The fraction of sp³-hybridized carbons (Fsp3) is 0.211. The molecule has 0 spiro atoms. The van der Waals surface area contributed by atoms with Gasteiger partial charge >= 0.3 is 0 Å². The molecule has 1 aromatic carbocycles. The average Bonchev–Trinajstić information content (AvgIpc) is 3.25. The summed E-state index contributed by atoms with van der Waals surface area (Å²) in [5.74, 6) is -1.30. The Morgan fingerprint density at radius 2 is 1.89 bits per heavy atom. The molecule has 0 aliphatic heterocycles. The third kappa shape index (κ3) is 2.92. The minimum absolute atomic E-state index is 0.150. The number of H-pyrrole nitrogens is 1. The minimum atomic E-state index is -0.649. The number of hydrogen-bond donors (Lipinski definition) is 1. The first kappa shape index (κ1) is 17.1. The molecule has 1 N–H and O–H groups in total. The molecule has 0 fully saturated rings. The van der Waals surface area contributed by atoms with Crippen molar-refractivity contribution in [2.75, 3.05) is 18.5 Å². The van der Waals surface area contributed by atoms with E-state index in [9.17, 15) is 8.78 Å². The van der Waals surface area contributed by atoms with Crippen molar-refractivity contribution in [1.82, 2.24) is 25.0 Å². The number of rotatable bonds is 4. The van der Waals surface area contributed by atoms with Gasteiger partial charge in [0.15, 0.2) is 0 Å². The molecular weight excluding hydrogens is 350 g/mol. The number of nitrogens with zero attached hydrogens (tertiary/aromatic N) is 5. The van der Waals surface area contributed by atoms with Crippen molar-refractivity contribution in [3.63, 3.8) is 0 Å². The van der Waals surface area contributed by atoms with Crippen LogP contribution in [0, 0.1) is 11.6 Å². The van der Waals surface area contributed by atoms with Crippen LogP contribution in [0.1, 0.15) is 6.92 Å². The van der Waals surface area contributed by atoms with Crippen LogP contribution >= 0.6 is 0 Å². The molecule has 0 amide bonds. The smallest absolute Gasteiger partial charge is 0.137 e. The molecule has 0 saturated carbocycles. The van der Waals surface area contributed by atoms with Gasteiger partial charge in [-0.05, 0) is 25.1 Å². The zero-order valence-corrected chi connectivity index (χ0v) is 15.2. The van der Waals surface area contributed by atoms with Crippen molar-refractivity contribution < 1.29 is 8.78 Å². The zero-order chi connectivity index (χ0) is 19.1. The van der Waals surface area contributed by atoms with Gasteiger partial charge in [0, 0.05) is 43.5 Å². The number of aromatic amines is 1. The summed E-state index contributed by atoms with van der Waals surface area (Å²) in [6.45, 7) is 2.56. The van der Waals surface area contributed by atoms with E-state index in [4.69, 9.17) is 0 Å². The first-order chi connectivity index (χ1) is 13.0. The molecule has 0 aliphatic carbocycles. The monoisotopic (exact) mass is 368 g/mol. The Labute approximate surface area is 154 Å². The van der Waals surface area contributed by atoms with Crippen molar-refractivity contribution in [1.29, 1.82) is 0 Å². The maximum absolute atomic E-state index is 14.7. The highest BCUT2D eigenvalue weighted by Crippen LogP contribution is 2.32. The van der Waals surface area contributed by atoms with Gasteiger partial charge in [-0.15, -0.1) is 0 Å². The lowest BCUT2D eigenvalue weighted by Gasteiger charge is -2.18. The molecule has 27 heavy (non-hydrogen) atoms. The third-order valence-corrected chi connectivity index (χ3v) is 4.62. The lowest BCUT2D eigenvalue weighted by molar-refractivity contribution is 0.588. The topological polar surface area (TPSA) is 62.6 Å². The molecule has 0 bridgehead atoms. The van der Waals surface area contributed by atoms with E-state index in [0.29, 0.717) is 23.4 Å². The average molecular weight is 368 g/mol. The quantitative estimate of drug-likeness (QED) is 0.596. The fourth-order valence-electron chi connectivity index (χ4n) is 3.02. The standard InChI is InChI=1S/C19H18F2N6/c1-4-26(2)12-5-14(20)18(15(21)6-12)16-7-13-17(9-22-16)24-25-19(13)11-8-23-27(3)10-11/h5-10H,4H2,1-3H3,(H,24,25). The van der Waals surface area contributed by atoms with Gasteiger partial charge in [-0.25, -0.2) is 8.78 Å². The maximum atomic E-state index is 14.7. The number of fused-ring (bicyclic) bond motifs is 1. The molecule has 6 nitrogen and oxygen atoms in total. The van der Waals surface area contributed by atoms with Crippen LogP contribution < -0.4 is 4.90 Å². The summed E-state index contributed by atoms with van der Waals surface area (Å²) in [6, 6.07) is 4.29. The van der Waals surface area contributed by atoms with Crippen LogP contribution in [0.2, 0.25) is 0 Å². The van der Waals surface area contributed by atoms with Crippen LogP contribution in [0.4, 0.5) is 14.5 Å². The summed E-state index contributed by atoms with van der Waals surface area (Å²) in [7, 11) is 3.59. The molecule has 4 aromatic rings. The van der Waals surface area contributed by atoms with Gasteiger partial charge in [-0.1, -0.05) is 0 Å². The van der Waals surface area contributed by atoms with Crippen molar-refractivity contribution in [2.24, 2.45) is 7.05 Å². The summed E-state index contributed by atoms with van der Waals surface area (Å²) in [5.41, 5.74) is 2.70. The summed E-state index contributed by atoms with van der Waals surface area (Å²) in [5, 5.41) is 12.1. The molecule has 8 heteroatoms. The molecule has 3 aromatic heterocycles. The highest BCUT2D eigenvalue weighted by Gasteiger charge is 2.18. The number of pyridine rings is 1. The lowest BCUT2D eigenvalue weighted by atomic mass is 10.1. The lowest BCUT2D eigenvalue weighted by Crippen LogP contribution is -2.16. The molecule has 0 atom stereocenters. The third-order valence-electron chi connectivity index (χ3n) is 4.62. The molecule has 4 rings (SSSR count). The van der Waals surface area contributed by atoms with E-state index in [1.165, 1.54) is 18.3 Å². The Morgan fingerprint density at radius 1 is 1.15 bits per heavy atom. The van der Waals surface area contributed by atoms with E-state index in [1.54, 1.807) is 28.9 Å². The molecular formula is C19H18F2N6. The van der Waals surface area contributed by atoms with E-state index in [2.05, 4.69) is 20.3 Å². The summed E-state index contributed by atoms with van der Waals surface area (Å²) in [4.78, 5) is 5.99. The van der Waals surface area contributed by atoms with Crippen molar-refractivity contribution in [2.45, 2.75) is 6.92 Å². The number of anilines is 1. The van der Waals surface area contributed by atoms with E-state index < -0.39 is 11.6 Å². The number of nitrogens with one attached hydrogen (secondary N) is 1. The molecule has 0 radical (unpaired) electrons. The molecule has 0 saturated heterocycles.